The van der Waals surface area contributed by atoms with Crippen LogP contribution in [0.4, 0.5) is 0 Å². The van der Waals surface area contributed by atoms with Crippen LogP contribution in [-0.4, -0.2) is 58.4 Å². The molecule has 206 valence electrons. The average molecular weight is 524 g/mol. The lowest BCUT2D eigenvalue weighted by molar-refractivity contribution is -0.144. The van der Waals surface area contributed by atoms with E-state index in [0.29, 0.717) is 44.4 Å². The maximum atomic E-state index is 13.7. The standard InChI is InChI=1S/C30H41N3O5/c1-30(2)29(38)31-23(18-20-10-5-3-6-11-20)28(37)33-17-9-13-24(33)26(35)19-22(27(36)32-30)12-7-4-8-14-25(34)21-15-16-21/h3,5-6,10-11,21-24H,4,7-9,12-19H2,1-2H3,(H,31,38)(H,32,36)/t22-,23+,24?/m0/s1. The number of benzene rings is 1. The Hall–Kier alpha value is -3.03. The number of hydrogen-bond donors (Lipinski definition) is 2. The van der Waals surface area contributed by atoms with E-state index < -0.39 is 29.4 Å². The smallest absolute Gasteiger partial charge is 0.246 e. The average Bonchev–Trinajstić information content (AvgIpc) is 3.62. The van der Waals surface area contributed by atoms with Crippen LogP contribution >= 0.6 is 0 Å². The zero-order chi connectivity index (χ0) is 27.3. The number of ketones is 2. The Balaban J connectivity index is 1.48. The van der Waals surface area contributed by atoms with Crippen LogP contribution in [-0.2, 0) is 30.4 Å². The fourth-order valence-corrected chi connectivity index (χ4v) is 5.60. The molecule has 1 aliphatic carbocycles. The second-order valence-electron chi connectivity index (χ2n) is 11.7. The van der Waals surface area contributed by atoms with Crippen molar-refractivity contribution in [1.29, 1.82) is 0 Å². The summed E-state index contributed by atoms with van der Waals surface area (Å²) in [5.74, 6) is -1.06. The van der Waals surface area contributed by atoms with Gasteiger partial charge in [-0.3, -0.25) is 24.0 Å². The molecule has 2 saturated heterocycles. The second-order valence-corrected chi connectivity index (χ2v) is 11.7. The minimum absolute atomic E-state index is 0.0440. The van der Waals surface area contributed by atoms with Crippen LogP contribution < -0.4 is 10.6 Å². The van der Waals surface area contributed by atoms with Crippen molar-refractivity contribution in [3.63, 3.8) is 0 Å². The van der Waals surface area contributed by atoms with E-state index in [4.69, 9.17) is 0 Å². The third-order valence-electron chi connectivity index (χ3n) is 8.12. The molecule has 38 heavy (non-hydrogen) atoms. The first-order chi connectivity index (χ1) is 18.2. The second kappa shape index (κ2) is 12.2. The molecule has 2 aliphatic heterocycles. The molecule has 0 bridgehead atoms. The Morgan fingerprint density at radius 3 is 2.45 bits per heavy atom. The Labute approximate surface area is 225 Å². The summed E-state index contributed by atoms with van der Waals surface area (Å²) in [5.41, 5.74) is -0.352. The van der Waals surface area contributed by atoms with Crippen molar-refractivity contribution < 1.29 is 24.0 Å². The van der Waals surface area contributed by atoms with Crippen LogP contribution in [0.5, 0.6) is 0 Å². The van der Waals surface area contributed by atoms with E-state index in [0.717, 1.165) is 37.7 Å². The first-order valence-corrected chi connectivity index (χ1v) is 14.2. The van der Waals surface area contributed by atoms with Gasteiger partial charge in [-0.2, -0.15) is 0 Å². The van der Waals surface area contributed by atoms with Gasteiger partial charge < -0.3 is 15.5 Å². The molecule has 8 heteroatoms. The minimum Gasteiger partial charge on any atom is -0.342 e. The van der Waals surface area contributed by atoms with Crippen molar-refractivity contribution >= 4 is 29.3 Å². The molecule has 1 aromatic rings. The summed E-state index contributed by atoms with van der Waals surface area (Å²) in [6, 6.07) is 8.06. The van der Waals surface area contributed by atoms with Crippen LogP contribution in [0, 0.1) is 11.8 Å². The number of hydrogen-bond acceptors (Lipinski definition) is 5. The van der Waals surface area contributed by atoms with E-state index in [1.54, 1.807) is 18.7 Å². The van der Waals surface area contributed by atoms with Crippen molar-refractivity contribution in [3.8, 4) is 0 Å². The Bertz CT molecular complexity index is 1050. The lowest BCUT2D eigenvalue weighted by Crippen LogP contribution is -2.61. The predicted octanol–water partition coefficient (Wildman–Crippen LogP) is 3.12. The van der Waals surface area contributed by atoms with E-state index >= 15 is 0 Å². The number of amides is 3. The van der Waals surface area contributed by atoms with Crippen LogP contribution in [0.2, 0.25) is 0 Å². The summed E-state index contributed by atoms with van der Waals surface area (Å²) >= 11 is 0. The molecule has 0 radical (unpaired) electrons. The first kappa shape index (κ1) is 28.0. The largest absolute Gasteiger partial charge is 0.342 e. The van der Waals surface area contributed by atoms with E-state index in [1.165, 1.54) is 0 Å². The van der Waals surface area contributed by atoms with E-state index in [-0.39, 0.29) is 29.9 Å². The monoisotopic (exact) mass is 523 g/mol. The Kier molecular flexibility index (Phi) is 9.00. The Morgan fingerprint density at radius 1 is 1.00 bits per heavy atom. The summed E-state index contributed by atoms with van der Waals surface area (Å²) in [5, 5.41) is 5.74. The summed E-state index contributed by atoms with van der Waals surface area (Å²) < 4.78 is 0. The lowest BCUT2D eigenvalue weighted by atomic mass is 9.89. The molecule has 3 atom stereocenters. The van der Waals surface area contributed by atoms with Gasteiger partial charge in [-0.05, 0) is 57.9 Å². The normalized spacial score (nSPS) is 26.2. The minimum atomic E-state index is -1.26. The molecule has 8 nitrogen and oxygen atoms in total. The van der Waals surface area contributed by atoms with Gasteiger partial charge in [0.1, 0.15) is 17.4 Å². The molecular weight excluding hydrogens is 482 g/mol. The van der Waals surface area contributed by atoms with Crippen LogP contribution in [0.1, 0.15) is 83.6 Å². The molecule has 1 unspecified atom stereocenters. The SMILES string of the molecule is CC1(C)NC(=O)[C@@H](CCCCCC(=O)C2CC2)CC(=O)C2CCCN2C(=O)[C@@H](Cc2ccccc2)NC1=O. The van der Waals surface area contributed by atoms with Crippen molar-refractivity contribution in [1.82, 2.24) is 15.5 Å². The van der Waals surface area contributed by atoms with Gasteiger partial charge in [0.2, 0.25) is 17.7 Å². The molecule has 0 spiro atoms. The fraction of sp³-hybridized carbons (Fsp3) is 0.633. The summed E-state index contributed by atoms with van der Waals surface area (Å²) in [6.45, 7) is 3.71. The predicted molar refractivity (Wildman–Crippen MR) is 143 cm³/mol. The van der Waals surface area contributed by atoms with Crippen LogP contribution in [0.15, 0.2) is 30.3 Å². The van der Waals surface area contributed by atoms with Crippen molar-refractivity contribution in [2.75, 3.05) is 6.54 Å². The molecule has 0 aromatic heterocycles. The topological polar surface area (TPSA) is 113 Å². The van der Waals surface area contributed by atoms with Gasteiger partial charge in [0, 0.05) is 37.6 Å². The molecule has 3 amide bonds. The summed E-state index contributed by atoms with van der Waals surface area (Å²) in [7, 11) is 0. The summed E-state index contributed by atoms with van der Waals surface area (Å²) in [6.07, 6.45) is 7.07. The maximum Gasteiger partial charge on any atom is 0.246 e. The zero-order valence-electron chi connectivity index (χ0n) is 22.7. The van der Waals surface area contributed by atoms with Crippen molar-refractivity contribution in [2.24, 2.45) is 11.8 Å². The number of Topliss-reactive ketones (excluding diaryl/α,β-unsaturated/α-hetero) is 2. The van der Waals surface area contributed by atoms with Crippen LogP contribution in [0.3, 0.4) is 0 Å². The number of rotatable bonds is 9. The molecule has 4 rings (SSSR count). The molecule has 2 heterocycles. The van der Waals surface area contributed by atoms with Gasteiger partial charge in [-0.25, -0.2) is 0 Å². The number of nitrogens with zero attached hydrogens (tertiary/aromatic N) is 1. The third-order valence-corrected chi connectivity index (χ3v) is 8.12. The molecule has 3 fully saturated rings. The highest BCUT2D eigenvalue weighted by Gasteiger charge is 2.42. The molecule has 2 N–H and O–H groups in total. The molecule has 3 aliphatic rings. The fourth-order valence-electron chi connectivity index (χ4n) is 5.60. The highest BCUT2D eigenvalue weighted by Crippen LogP contribution is 2.32. The molecular formula is C30H41N3O5. The van der Waals surface area contributed by atoms with E-state index in [2.05, 4.69) is 10.6 Å². The number of unbranched alkanes of at least 4 members (excludes halogenated alkanes) is 2. The number of fused-ring (bicyclic) bond motifs is 1. The Morgan fingerprint density at radius 2 is 1.74 bits per heavy atom. The molecule has 1 saturated carbocycles. The first-order valence-electron chi connectivity index (χ1n) is 14.2. The maximum absolute atomic E-state index is 13.7. The van der Waals surface area contributed by atoms with E-state index in [1.807, 2.05) is 30.3 Å². The molecule has 1 aromatic carbocycles. The lowest BCUT2D eigenvalue weighted by Gasteiger charge is -2.34. The van der Waals surface area contributed by atoms with Gasteiger partial charge in [-0.1, -0.05) is 43.2 Å². The third kappa shape index (κ3) is 7.08. The van der Waals surface area contributed by atoms with Gasteiger partial charge in [0.25, 0.3) is 0 Å². The van der Waals surface area contributed by atoms with Crippen LogP contribution in [0.25, 0.3) is 0 Å². The van der Waals surface area contributed by atoms with Crippen molar-refractivity contribution in [3.05, 3.63) is 35.9 Å². The highest BCUT2D eigenvalue weighted by molar-refractivity contribution is 5.99. The number of carbonyl (C=O) groups is 5. The van der Waals surface area contributed by atoms with E-state index in [9.17, 15) is 24.0 Å². The van der Waals surface area contributed by atoms with Crippen molar-refractivity contribution in [2.45, 2.75) is 102 Å². The number of nitrogens with one attached hydrogen (secondary N) is 2. The number of carbonyl (C=O) groups excluding carboxylic acids is 5. The summed E-state index contributed by atoms with van der Waals surface area (Å²) in [4.78, 5) is 67.4. The quantitative estimate of drug-likeness (QED) is 0.483. The van der Waals surface area contributed by atoms with Gasteiger partial charge >= 0.3 is 0 Å². The highest BCUT2D eigenvalue weighted by atomic mass is 16.2. The zero-order valence-corrected chi connectivity index (χ0v) is 22.7. The van der Waals surface area contributed by atoms with Gasteiger partial charge in [-0.15, -0.1) is 0 Å². The van der Waals surface area contributed by atoms with Gasteiger partial charge in [0.15, 0.2) is 5.78 Å². The van der Waals surface area contributed by atoms with Gasteiger partial charge in [0.05, 0.1) is 6.04 Å².